The third-order valence-electron chi connectivity index (χ3n) is 5.55. The highest BCUT2D eigenvalue weighted by molar-refractivity contribution is 5.01. The van der Waals surface area contributed by atoms with Gasteiger partial charge in [-0.3, -0.25) is 0 Å². The number of rotatable bonds is 1. The highest BCUT2D eigenvalue weighted by atomic mass is 15.4. The van der Waals surface area contributed by atoms with Crippen LogP contribution in [0, 0.1) is 17.3 Å². The first-order valence-electron chi connectivity index (χ1n) is 6.26. The van der Waals surface area contributed by atoms with Crippen LogP contribution in [-0.4, -0.2) is 30.7 Å². The number of fused-ring (bicyclic) bond motifs is 3. The smallest absolute Gasteiger partial charge is 0.0945 e. The molecule has 3 aliphatic rings. The third-order valence-corrected chi connectivity index (χ3v) is 5.55. The monoisotopic (exact) mass is 196 g/mol. The van der Waals surface area contributed by atoms with E-state index in [2.05, 4.69) is 34.7 Å². The Morgan fingerprint density at radius 1 is 1.36 bits per heavy atom. The first-order valence-corrected chi connectivity index (χ1v) is 6.26. The molecule has 2 heterocycles. The van der Waals surface area contributed by atoms with Crippen molar-refractivity contribution < 1.29 is 4.48 Å². The van der Waals surface area contributed by atoms with Crippen molar-refractivity contribution >= 4 is 0 Å². The number of hydrogen-bond acceptors (Lipinski definition) is 0. The van der Waals surface area contributed by atoms with Crippen LogP contribution in [0.3, 0.4) is 0 Å². The third kappa shape index (κ3) is 1.18. The SMILES string of the molecule is CC[N+]1(C)CCC(C)C2CC1C2(C)C. The van der Waals surface area contributed by atoms with Crippen LogP contribution >= 0.6 is 0 Å². The number of quaternary nitrogens is 1. The first-order chi connectivity index (χ1) is 6.42. The van der Waals surface area contributed by atoms with Gasteiger partial charge in [0.1, 0.15) is 0 Å². The van der Waals surface area contributed by atoms with Crippen molar-refractivity contribution in [3.05, 3.63) is 0 Å². The highest BCUT2D eigenvalue weighted by Crippen LogP contribution is 2.57. The first kappa shape index (κ1) is 10.5. The minimum Gasteiger partial charge on any atom is -0.323 e. The molecule has 2 saturated heterocycles. The van der Waals surface area contributed by atoms with E-state index >= 15 is 0 Å². The van der Waals surface area contributed by atoms with Gasteiger partial charge in [0.05, 0.1) is 26.2 Å². The lowest BCUT2D eigenvalue weighted by Gasteiger charge is -2.57. The maximum Gasteiger partial charge on any atom is 0.0945 e. The Morgan fingerprint density at radius 3 is 2.50 bits per heavy atom. The Balaban J connectivity index is 2.28. The molecule has 2 aliphatic heterocycles. The van der Waals surface area contributed by atoms with E-state index in [1.54, 1.807) is 0 Å². The van der Waals surface area contributed by atoms with Crippen LogP contribution in [0.2, 0.25) is 0 Å². The van der Waals surface area contributed by atoms with Crippen molar-refractivity contribution in [3.63, 3.8) is 0 Å². The summed E-state index contributed by atoms with van der Waals surface area (Å²) in [7, 11) is 2.47. The second kappa shape index (κ2) is 2.98. The van der Waals surface area contributed by atoms with Crippen molar-refractivity contribution in [1.29, 1.82) is 0 Å². The minimum atomic E-state index is 0.598. The molecule has 0 aromatic carbocycles. The average Bonchev–Trinajstić information content (AvgIpc) is 2.30. The maximum absolute atomic E-state index is 2.50. The van der Waals surface area contributed by atoms with Gasteiger partial charge in [-0.05, 0) is 25.2 Å². The Morgan fingerprint density at radius 2 is 2.00 bits per heavy atom. The molecule has 1 saturated carbocycles. The van der Waals surface area contributed by atoms with Crippen LogP contribution in [-0.2, 0) is 0 Å². The number of nitrogens with zero attached hydrogens (tertiary/aromatic N) is 1. The summed E-state index contributed by atoms with van der Waals surface area (Å²) >= 11 is 0. The van der Waals surface area contributed by atoms with E-state index in [1.807, 2.05) is 0 Å². The zero-order valence-electron chi connectivity index (χ0n) is 10.5. The molecule has 0 spiro atoms. The van der Waals surface area contributed by atoms with Gasteiger partial charge < -0.3 is 4.48 Å². The van der Waals surface area contributed by atoms with Gasteiger partial charge in [0.25, 0.3) is 0 Å². The molecular weight excluding hydrogens is 170 g/mol. The molecule has 0 amide bonds. The molecule has 1 heteroatoms. The standard InChI is InChI=1S/C13H26N/c1-6-14(5)8-7-10(2)11-9-12(14)13(11,3)4/h10-12H,6-9H2,1-5H3/q+1. The summed E-state index contributed by atoms with van der Waals surface area (Å²) in [5.74, 6) is 1.95. The van der Waals surface area contributed by atoms with E-state index in [4.69, 9.17) is 0 Å². The Kier molecular flexibility index (Phi) is 2.23. The fourth-order valence-corrected chi connectivity index (χ4v) is 4.19. The average molecular weight is 196 g/mol. The fraction of sp³-hybridized carbons (Fsp3) is 1.00. The molecule has 0 N–H and O–H groups in total. The molecule has 4 unspecified atom stereocenters. The molecule has 1 aliphatic carbocycles. The van der Waals surface area contributed by atoms with Crippen LogP contribution in [0.25, 0.3) is 0 Å². The van der Waals surface area contributed by atoms with Crippen molar-refractivity contribution in [2.75, 3.05) is 20.1 Å². The van der Waals surface area contributed by atoms with Gasteiger partial charge in [-0.15, -0.1) is 0 Å². The molecule has 3 rings (SSSR count). The van der Waals surface area contributed by atoms with Crippen molar-refractivity contribution in [3.8, 4) is 0 Å². The van der Waals surface area contributed by atoms with Crippen LogP contribution in [0.1, 0.15) is 40.5 Å². The van der Waals surface area contributed by atoms with Gasteiger partial charge >= 0.3 is 0 Å². The molecule has 2 bridgehead atoms. The van der Waals surface area contributed by atoms with Crippen LogP contribution in [0.5, 0.6) is 0 Å². The largest absolute Gasteiger partial charge is 0.323 e. The normalized spacial score (nSPS) is 50.8. The van der Waals surface area contributed by atoms with E-state index in [0.717, 1.165) is 17.9 Å². The fourth-order valence-electron chi connectivity index (χ4n) is 4.19. The molecule has 14 heavy (non-hydrogen) atoms. The second-order valence-corrected chi connectivity index (χ2v) is 6.46. The van der Waals surface area contributed by atoms with Crippen LogP contribution in [0.15, 0.2) is 0 Å². The van der Waals surface area contributed by atoms with Gasteiger partial charge in [-0.1, -0.05) is 20.8 Å². The van der Waals surface area contributed by atoms with E-state index < -0.39 is 0 Å². The molecule has 0 aromatic rings. The summed E-state index contributed by atoms with van der Waals surface area (Å²) in [4.78, 5) is 0. The Labute approximate surface area is 89.1 Å². The van der Waals surface area contributed by atoms with Gasteiger partial charge in [-0.2, -0.15) is 0 Å². The molecule has 0 aromatic heterocycles. The molecule has 1 nitrogen and oxygen atoms in total. The molecule has 3 fully saturated rings. The van der Waals surface area contributed by atoms with E-state index in [-0.39, 0.29) is 0 Å². The minimum absolute atomic E-state index is 0.598. The van der Waals surface area contributed by atoms with Gasteiger partial charge in [0, 0.05) is 11.8 Å². The lowest BCUT2D eigenvalue weighted by Crippen LogP contribution is -2.65. The summed E-state index contributed by atoms with van der Waals surface area (Å²) in [6.07, 6.45) is 2.92. The van der Waals surface area contributed by atoms with Crippen LogP contribution < -0.4 is 0 Å². The molecule has 4 atom stereocenters. The topological polar surface area (TPSA) is 0 Å². The van der Waals surface area contributed by atoms with Gasteiger partial charge in [-0.25, -0.2) is 0 Å². The summed E-state index contributed by atoms with van der Waals surface area (Å²) in [6, 6.07) is 0.933. The van der Waals surface area contributed by atoms with Gasteiger partial charge in [0.15, 0.2) is 0 Å². The van der Waals surface area contributed by atoms with Crippen molar-refractivity contribution in [1.82, 2.24) is 0 Å². The van der Waals surface area contributed by atoms with Crippen molar-refractivity contribution in [2.45, 2.75) is 46.6 Å². The van der Waals surface area contributed by atoms with Crippen molar-refractivity contribution in [2.24, 2.45) is 17.3 Å². The summed E-state index contributed by atoms with van der Waals surface area (Å²) < 4.78 is 1.33. The van der Waals surface area contributed by atoms with Gasteiger partial charge in [0.2, 0.25) is 0 Å². The highest BCUT2D eigenvalue weighted by Gasteiger charge is 2.60. The lowest BCUT2D eigenvalue weighted by molar-refractivity contribution is -0.944. The summed E-state index contributed by atoms with van der Waals surface area (Å²) in [5, 5.41) is 0. The predicted octanol–water partition coefficient (Wildman–Crippen LogP) is 2.91. The zero-order valence-corrected chi connectivity index (χ0v) is 10.5. The number of hydrogen-bond donors (Lipinski definition) is 0. The van der Waals surface area contributed by atoms with E-state index in [1.165, 1.54) is 30.4 Å². The van der Waals surface area contributed by atoms with E-state index in [0.29, 0.717) is 5.41 Å². The second-order valence-electron chi connectivity index (χ2n) is 6.46. The zero-order chi connectivity index (χ0) is 10.6. The summed E-state index contributed by atoms with van der Waals surface area (Å²) in [6.45, 7) is 12.5. The molecule has 0 radical (unpaired) electrons. The quantitative estimate of drug-likeness (QED) is 0.566. The van der Waals surface area contributed by atoms with E-state index in [9.17, 15) is 0 Å². The maximum atomic E-state index is 2.50. The lowest BCUT2D eigenvalue weighted by atomic mass is 9.54. The Bertz CT molecular complexity index is 233. The predicted molar refractivity (Wildman–Crippen MR) is 61.0 cm³/mol. The molecule has 82 valence electrons. The van der Waals surface area contributed by atoms with Crippen LogP contribution in [0.4, 0.5) is 0 Å². The molecular formula is C13H26N+. The Hall–Kier alpha value is -0.0400. The summed E-state index contributed by atoms with van der Waals surface area (Å²) in [5.41, 5.74) is 0.598.